The Bertz CT molecular complexity index is 616. The molecule has 0 fully saturated rings. The Balaban J connectivity index is 1.94. The highest BCUT2D eigenvalue weighted by molar-refractivity contribution is 7.10. The van der Waals surface area contributed by atoms with E-state index in [2.05, 4.69) is 11.4 Å². The first-order chi connectivity index (χ1) is 9.70. The van der Waals surface area contributed by atoms with Gasteiger partial charge in [-0.15, -0.1) is 11.3 Å². The number of carbonyl (C=O) groups is 1. The first-order valence-electron chi connectivity index (χ1n) is 6.32. The molecular formula is C16H17NO2S. The first-order valence-corrected chi connectivity index (χ1v) is 7.20. The van der Waals surface area contributed by atoms with Crippen LogP contribution in [0.2, 0.25) is 0 Å². The summed E-state index contributed by atoms with van der Waals surface area (Å²) in [6, 6.07) is 9.64. The molecule has 20 heavy (non-hydrogen) atoms. The number of carbonyl (C=O) groups excluding carboxylic acids is 1. The van der Waals surface area contributed by atoms with Crippen molar-refractivity contribution in [1.29, 1.82) is 0 Å². The number of nitrogens with one attached hydrogen (secondary N) is 1. The average Bonchev–Trinajstić information content (AvgIpc) is 2.88. The maximum absolute atomic E-state index is 11.8. The molecule has 4 heteroatoms. The van der Waals surface area contributed by atoms with Gasteiger partial charge >= 0.3 is 0 Å². The van der Waals surface area contributed by atoms with Crippen molar-refractivity contribution in [3.05, 3.63) is 57.8 Å². The molecule has 1 heterocycles. The van der Waals surface area contributed by atoms with Gasteiger partial charge in [-0.1, -0.05) is 18.2 Å². The summed E-state index contributed by atoms with van der Waals surface area (Å²) < 4.78 is 5.23. The predicted molar refractivity (Wildman–Crippen MR) is 82.9 cm³/mol. The van der Waals surface area contributed by atoms with Gasteiger partial charge in [0.15, 0.2) is 0 Å². The molecular weight excluding hydrogens is 270 g/mol. The maximum atomic E-state index is 11.8. The third kappa shape index (κ3) is 3.71. The molecule has 1 aromatic carbocycles. The minimum atomic E-state index is -0.108. The number of aryl methyl sites for hydroxylation is 1. The summed E-state index contributed by atoms with van der Waals surface area (Å²) in [6.45, 7) is 2.61. The summed E-state index contributed by atoms with van der Waals surface area (Å²) in [5, 5.41) is 4.91. The molecule has 0 aliphatic rings. The van der Waals surface area contributed by atoms with Gasteiger partial charge in [-0.25, -0.2) is 0 Å². The van der Waals surface area contributed by atoms with Gasteiger partial charge in [0.25, 0.3) is 0 Å². The molecule has 0 radical (unpaired) electrons. The second-order valence-corrected chi connectivity index (χ2v) is 5.32. The minimum Gasteiger partial charge on any atom is -0.496 e. The summed E-state index contributed by atoms with van der Waals surface area (Å²) in [5.41, 5.74) is 2.10. The molecule has 1 aromatic heterocycles. The highest BCUT2D eigenvalue weighted by Gasteiger charge is 2.02. The molecule has 0 spiro atoms. The Labute approximate surface area is 122 Å². The Morgan fingerprint density at radius 2 is 2.15 bits per heavy atom. The number of thiophene rings is 1. The van der Waals surface area contributed by atoms with Crippen LogP contribution in [0.3, 0.4) is 0 Å². The van der Waals surface area contributed by atoms with Crippen LogP contribution in [-0.4, -0.2) is 13.0 Å². The molecule has 2 rings (SSSR count). The summed E-state index contributed by atoms with van der Waals surface area (Å²) in [6.07, 6.45) is 3.29. The second-order valence-electron chi connectivity index (χ2n) is 4.32. The van der Waals surface area contributed by atoms with Gasteiger partial charge in [-0.05, 0) is 36.1 Å². The lowest BCUT2D eigenvalue weighted by atomic mass is 10.2. The summed E-state index contributed by atoms with van der Waals surface area (Å²) >= 11 is 1.65. The zero-order valence-electron chi connectivity index (χ0n) is 11.6. The average molecular weight is 287 g/mol. The van der Waals surface area contributed by atoms with E-state index in [1.807, 2.05) is 36.6 Å². The Morgan fingerprint density at radius 3 is 2.85 bits per heavy atom. The fraction of sp³-hybridized carbons (Fsp3) is 0.188. The predicted octanol–water partition coefficient (Wildman–Crippen LogP) is 3.39. The zero-order valence-corrected chi connectivity index (χ0v) is 12.4. The topological polar surface area (TPSA) is 38.3 Å². The van der Waals surface area contributed by atoms with E-state index in [0.717, 1.165) is 11.3 Å². The normalized spacial score (nSPS) is 10.7. The number of benzene rings is 1. The van der Waals surface area contributed by atoms with Gasteiger partial charge < -0.3 is 10.1 Å². The van der Waals surface area contributed by atoms with Crippen LogP contribution in [0.15, 0.2) is 41.8 Å². The third-order valence-electron chi connectivity index (χ3n) is 2.94. The Morgan fingerprint density at radius 1 is 1.35 bits per heavy atom. The molecule has 0 bridgehead atoms. The number of ether oxygens (including phenoxy) is 1. The lowest BCUT2D eigenvalue weighted by molar-refractivity contribution is -0.116. The molecule has 1 N–H and O–H groups in total. The third-order valence-corrected chi connectivity index (χ3v) is 3.97. The second kappa shape index (κ2) is 6.91. The van der Waals surface area contributed by atoms with E-state index in [1.165, 1.54) is 16.5 Å². The minimum absolute atomic E-state index is 0.108. The van der Waals surface area contributed by atoms with Gasteiger partial charge in [0.05, 0.1) is 13.7 Å². The number of methoxy groups -OCH3 is 1. The van der Waals surface area contributed by atoms with Crippen molar-refractivity contribution < 1.29 is 9.53 Å². The molecule has 3 nitrogen and oxygen atoms in total. The summed E-state index contributed by atoms with van der Waals surface area (Å²) in [7, 11) is 1.62. The number of rotatable bonds is 5. The number of para-hydroxylation sites is 1. The molecule has 0 saturated heterocycles. The van der Waals surface area contributed by atoms with Crippen LogP contribution in [-0.2, 0) is 11.3 Å². The van der Waals surface area contributed by atoms with Gasteiger partial charge in [0.1, 0.15) is 5.75 Å². The first kappa shape index (κ1) is 14.3. The summed E-state index contributed by atoms with van der Waals surface area (Å²) in [5.74, 6) is 0.648. The highest BCUT2D eigenvalue weighted by Crippen LogP contribution is 2.18. The molecule has 0 aliphatic carbocycles. The van der Waals surface area contributed by atoms with Crippen molar-refractivity contribution in [1.82, 2.24) is 5.32 Å². The highest BCUT2D eigenvalue weighted by atomic mass is 32.1. The van der Waals surface area contributed by atoms with Crippen molar-refractivity contribution in [3.63, 3.8) is 0 Å². The monoisotopic (exact) mass is 287 g/mol. The standard InChI is InChI=1S/C16H17NO2S/c1-12-9-10-20-15(12)11-17-16(18)8-7-13-5-3-4-6-14(13)19-2/h3-10H,11H2,1-2H3,(H,17,18)/b8-7+. The molecule has 0 saturated carbocycles. The van der Waals surface area contributed by atoms with Crippen molar-refractivity contribution >= 4 is 23.3 Å². The van der Waals surface area contributed by atoms with E-state index in [-0.39, 0.29) is 5.91 Å². The van der Waals surface area contributed by atoms with E-state index in [4.69, 9.17) is 4.74 Å². The van der Waals surface area contributed by atoms with Crippen LogP contribution in [0.1, 0.15) is 16.0 Å². The van der Waals surface area contributed by atoms with Crippen LogP contribution in [0.25, 0.3) is 6.08 Å². The number of amides is 1. The van der Waals surface area contributed by atoms with E-state index >= 15 is 0 Å². The Hall–Kier alpha value is -2.07. The van der Waals surface area contributed by atoms with Crippen LogP contribution in [0.4, 0.5) is 0 Å². The van der Waals surface area contributed by atoms with Crippen molar-refractivity contribution in [2.75, 3.05) is 7.11 Å². The number of hydrogen-bond acceptors (Lipinski definition) is 3. The van der Waals surface area contributed by atoms with Crippen LogP contribution < -0.4 is 10.1 Å². The van der Waals surface area contributed by atoms with Gasteiger partial charge in [0, 0.05) is 16.5 Å². The molecule has 0 aliphatic heterocycles. The van der Waals surface area contributed by atoms with Crippen molar-refractivity contribution in [3.8, 4) is 5.75 Å². The van der Waals surface area contributed by atoms with E-state index in [1.54, 1.807) is 24.5 Å². The Kier molecular flexibility index (Phi) is 4.96. The maximum Gasteiger partial charge on any atom is 0.244 e. The van der Waals surface area contributed by atoms with E-state index in [0.29, 0.717) is 6.54 Å². The van der Waals surface area contributed by atoms with Crippen molar-refractivity contribution in [2.24, 2.45) is 0 Å². The summed E-state index contributed by atoms with van der Waals surface area (Å²) in [4.78, 5) is 13.0. The molecule has 104 valence electrons. The van der Waals surface area contributed by atoms with Crippen LogP contribution in [0.5, 0.6) is 5.75 Å². The fourth-order valence-electron chi connectivity index (χ4n) is 1.78. The van der Waals surface area contributed by atoms with Crippen molar-refractivity contribution in [2.45, 2.75) is 13.5 Å². The molecule has 2 aromatic rings. The van der Waals surface area contributed by atoms with Gasteiger partial charge in [-0.3, -0.25) is 4.79 Å². The molecule has 0 atom stereocenters. The lowest BCUT2D eigenvalue weighted by Crippen LogP contribution is -2.19. The van der Waals surface area contributed by atoms with Crippen LogP contribution >= 0.6 is 11.3 Å². The molecule has 1 amide bonds. The SMILES string of the molecule is COc1ccccc1/C=C/C(=O)NCc1sccc1C. The number of hydrogen-bond donors (Lipinski definition) is 1. The smallest absolute Gasteiger partial charge is 0.244 e. The van der Waals surface area contributed by atoms with Gasteiger partial charge in [-0.2, -0.15) is 0 Å². The largest absolute Gasteiger partial charge is 0.496 e. The van der Waals surface area contributed by atoms with E-state index < -0.39 is 0 Å². The van der Waals surface area contributed by atoms with E-state index in [9.17, 15) is 4.79 Å². The quantitative estimate of drug-likeness (QED) is 0.856. The molecule has 0 unspecified atom stereocenters. The fourth-order valence-corrected chi connectivity index (χ4v) is 2.63. The van der Waals surface area contributed by atoms with Crippen LogP contribution in [0, 0.1) is 6.92 Å². The lowest BCUT2D eigenvalue weighted by Gasteiger charge is -2.04. The van der Waals surface area contributed by atoms with Gasteiger partial charge in [0.2, 0.25) is 5.91 Å². The zero-order chi connectivity index (χ0) is 14.4.